The van der Waals surface area contributed by atoms with Gasteiger partial charge in [0.2, 0.25) is 5.91 Å². The topological polar surface area (TPSA) is 92.3 Å². The van der Waals surface area contributed by atoms with Gasteiger partial charge in [-0.15, -0.1) is 0 Å². The van der Waals surface area contributed by atoms with Crippen LogP contribution in [0.25, 0.3) is 21.7 Å². The molecule has 0 unspecified atom stereocenters. The van der Waals surface area contributed by atoms with E-state index in [-0.39, 0.29) is 11.9 Å². The summed E-state index contributed by atoms with van der Waals surface area (Å²) in [6, 6.07) is 14.9. The molecule has 3 N–H and O–H groups in total. The fraction of sp³-hybridized carbons (Fsp3) is 0.261. The van der Waals surface area contributed by atoms with Crippen molar-refractivity contribution in [2.45, 2.75) is 26.7 Å². The number of carbonyl (C=O) groups is 2. The smallest absolute Gasteiger partial charge is 0.321 e. The van der Waals surface area contributed by atoms with Crippen LogP contribution in [0, 0.1) is 0 Å². The van der Waals surface area contributed by atoms with Gasteiger partial charge in [-0.1, -0.05) is 36.8 Å². The molecule has 0 saturated heterocycles. The average molecular weight is 439 g/mol. The lowest BCUT2D eigenvalue weighted by atomic mass is 10.1. The van der Waals surface area contributed by atoms with E-state index in [2.05, 4.69) is 27.9 Å². The van der Waals surface area contributed by atoms with Crippen LogP contribution < -0.4 is 20.7 Å². The summed E-state index contributed by atoms with van der Waals surface area (Å²) in [5.41, 5.74) is 3.35. The Morgan fingerprint density at radius 3 is 2.29 bits per heavy atom. The molecule has 0 aliphatic rings. The number of rotatable bonds is 8. The number of anilines is 2. The highest BCUT2D eigenvalue weighted by atomic mass is 32.1. The third-order valence-corrected chi connectivity index (χ3v) is 5.51. The van der Waals surface area contributed by atoms with E-state index in [0.29, 0.717) is 11.7 Å². The minimum absolute atomic E-state index is 0.120. The molecule has 0 aliphatic carbocycles. The predicted octanol–water partition coefficient (Wildman–Crippen LogP) is 5.37. The number of benzene rings is 2. The fourth-order valence-corrected chi connectivity index (χ4v) is 3.93. The number of ether oxygens (including phenoxy) is 1. The van der Waals surface area contributed by atoms with E-state index < -0.39 is 0 Å². The number of methoxy groups -OCH3 is 1. The summed E-state index contributed by atoms with van der Waals surface area (Å²) in [4.78, 5) is 29.1. The maximum atomic E-state index is 12.2. The molecule has 8 heteroatoms. The lowest BCUT2D eigenvalue weighted by molar-refractivity contribution is -0.114. The van der Waals surface area contributed by atoms with Crippen LogP contribution in [0.15, 0.2) is 48.5 Å². The first-order valence-electron chi connectivity index (χ1n) is 10.1. The number of urea groups is 1. The van der Waals surface area contributed by atoms with Crippen molar-refractivity contribution in [2.75, 3.05) is 24.3 Å². The van der Waals surface area contributed by atoms with E-state index in [1.54, 1.807) is 7.11 Å². The van der Waals surface area contributed by atoms with Crippen LogP contribution in [-0.4, -0.2) is 30.6 Å². The van der Waals surface area contributed by atoms with Crippen molar-refractivity contribution >= 4 is 34.1 Å². The van der Waals surface area contributed by atoms with E-state index in [0.717, 1.165) is 46.0 Å². The van der Waals surface area contributed by atoms with Crippen molar-refractivity contribution in [3.05, 3.63) is 48.5 Å². The zero-order valence-corrected chi connectivity index (χ0v) is 18.6. The van der Waals surface area contributed by atoms with Gasteiger partial charge in [-0.25, -0.2) is 9.78 Å². The zero-order chi connectivity index (χ0) is 22.2. The number of thiazole rings is 1. The van der Waals surface area contributed by atoms with Crippen molar-refractivity contribution < 1.29 is 14.3 Å². The van der Waals surface area contributed by atoms with E-state index in [1.807, 2.05) is 48.5 Å². The highest BCUT2D eigenvalue weighted by molar-refractivity contribution is 7.19. The van der Waals surface area contributed by atoms with Gasteiger partial charge >= 0.3 is 6.03 Å². The molecule has 0 saturated carbocycles. The zero-order valence-electron chi connectivity index (χ0n) is 17.8. The highest BCUT2D eigenvalue weighted by Gasteiger charge is 2.17. The van der Waals surface area contributed by atoms with Crippen LogP contribution in [0.1, 0.15) is 26.7 Å². The number of nitrogens with zero attached hydrogens (tertiary/aromatic N) is 1. The maximum absolute atomic E-state index is 12.2. The molecule has 1 aromatic heterocycles. The van der Waals surface area contributed by atoms with Crippen LogP contribution in [0.3, 0.4) is 0 Å². The van der Waals surface area contributed by atoms with Crippen LogP contribution in [-0.2, 0) is 4.79 Å². The normalized spacial score (nSPS) is 10.4. The molecule has 0 bridgehead atoms. The molecule has 0 fully saturated rings. The predicted molar refractivity (Wildman–Crippen MR) is 126 cm³/mol. The SMILES string of the molecule is CCCCNC(=O)Nc1nc(-c2ccc(OC)cc2)c(-c2ccc(NC(C)=O)cc2)s1. The number of aromatic nitrogens is 1. The Balaban J connectivity index is 1.92. The second kappa shape index (κ2) is 10.6. The van der Waals surface area contributed by atoms with E-state index in [9.17, 15) is 9.59 Å². The molecule has 162 valence electrons. The lowest BCUT2D eigenvalue weighted by Gasteiger charge is -2.06. The van der Waals surface area contributed by atoms with Gasteiger partial charge in [-0.2, -0.15) is 0 Å². The Labute approximate surface area is 185 Å². The number of carbonyl (C=O) groups excluding carboxylic acids is 2. The largest absolute Gasteiger partial charge is 0.497 e. The lowest BCUT2D eigenvalue weighted by Crippen LogP contribution is -2.29. The Morgan fingerprint density at radius 2 is 1.68 bits per heavy atom. The molecule has 7 nitrogen and oxygen atoms in total. The van der Waals surface area contributed by atoms with Gasteiger partial charge in [0.15, 0.2) is 5.13 Å². The molecule has 3 amide bonds. The molecule has 31 heavy (non-hydrogen) atoms. The summed E-state index contributed by atoms with van der Waals surface area (Å²) >= 11 is 1.40. The molecule has 2 aromatic carbocycles. The van der Waals surface area contributed by atoms with Gasteiger partial charge in [0, 0.05) is 24.7 Å². The summed E-state index contributed by atoms with van der Waals surface area (Å²) in [7, 11) is 1.62. The summed E-state index contributed by atoms with van der Waals surface area (Å²) in [5.74, 6) is 0.638. The fourth-order valence-electron chi connectivity index (χ4n) is 2.94. The third kappa shape index (κ3) is 6.05. The van der Waals surface area contributed by atoms with E-state index in [4.69, 9.17) is 4.74 Å². The van der Waals surface area contributed by atoms with Crippen LogP contribution in [0.5, 0.6) is 5.75 Å². The minimum Gasteiger partial charge on any atom is -0.497 e. The molecule has 1 heterocycles. The molecular weight excluding hydrogens is 412 g/mol. The van der Waals surface area contributed by atoms with Gasteiger partial charge in [0.05, 0.1) is 17.7 Å². The Kier molecular flexibility index (Phi) is 7.61. The first kappa shape index (κ1) is 22.3. The number of amides is 3. The quantitative estimate of drug-likeness (QED) is 0.413. The maximum Gasteiger partial charge on any atom is 0.321 e. The van der Waals surface area contributed by atoms with Crippen molar-refractivity contribution in [2.24, 2.45) is 0 Å². The second-order valence-corrected chi connectivity index (χ2v) is 7.92. The van der Waals surface area contributed by atoms with Crippen molar-refractivity contribution in [3.63, 3.8) is 0 Å². The number of nitrogens with one attached hydrogen (secondary N) is 3. The standard InChI is InChI=1S/C23H26N4O3S/c1-4-5-14-24-22(29)27-23-26-20(16-8-12-19(30-3)13-9-16)21(31-23)17-6-10-18(11-7-17)25-15(2)28/h6-13H,4-5,14H2,1-3H3,(H,25,28)(H2,24,26,27,29). The highest BCUT2D eigenvalue weighted by Crippen LogP contribution is 2.39. The van der Waals surface area contributed by atoms with Gasteiger partial charge < -0.3 is 15.4 Å². The summed E-state index contributed by atoms with van der Waals surface area (Å²) in [5, 5.41) is 8.96. The minimum atomic E-state index is -0.268. The van der Waals surface area contributed by atoms with Crippen LogP contribution in [0.2, 0.25) is 0 Å². The van der Waals surface area contributed by atoms with Crippen molar-refractivity contribution in [1.82, 2.24) is 10.3 Å². The van der Waals surface area contributed by atoms with Crippen LogP contribution in [0.4, 0.5) is 15.6 Å². The molecule has 3 aromatic rings. The molecular formula is C23H26N4O3S. The number of unbranched alkanes of at least 4 members (excludes halogenated alkanes) is 1. The summed E-state index contributed by atoms with van der Waals surface area (Å²) < 4.78 is 5.25. The molecule has 0 radical (unpaired) electrons. The number of hydrogen-bond acceptors (Lipinski definition) is 5. The van der Waals surface area contributed by atoms with Gasteiger partial charge in [-0.3, -0.25) is 10.1 Å². The summed E-state index contributed by atoms with van der Waals surface area (Å²) in [6.07, 6.45) is 1.94. The van der Waals surface area contributed by atoms with E-state index in [1.165, 1.54) is 18.3 Å². The summed E-state index contributed by atoms with van der Waals surface area (Å²) in [6.45, 7) is 4.17. The van der Waals surface area contributed by atoms with Crippen LogP contribution >= 0.6 is 11.3 Å². The average Bonchev–Trinajstić information content (AvgIpc) is 3.17. The monoisotopic (exact) mass is 438 g/mol. The molecule has 0 spiro atoms. The van der Waals surface area contributed by atoms with Gasteiger partial charge in [0.25, 0.3) is 0 Å². The Hall–Kier alpha value is -3.39. The molecule has 0 aliphatic heterocycles. The van der Waals surface area contributed by atoms with Crippen molar-refractivity contribution in [1.29, 1.82) is 0 Å². The first-order chi connectivity index (χ1) is 15.0. The van der Waals surface area contributed by atoms with Crippen molar-refractivity contribution in [3.8, 4) is 27.4 Å². The van der Waals surface area contributed by atoms with Gasteiger partial charge in [0.1, 0.15) is 5.75 Å². The van der Waals surface area contributed by atoms with Gasteiger partial charge in [-0.05, 0) is 48.4 Å². The Morgan fingerprint density at radius 1 is 1.00 bits per heavy atom. The Bertz CT molecular complexity index is 1030. The number of hydrogen-bond donors (Lipinski definition) is 3. The molecule has 3 rings (SSSR count). The first-order valence-corrected chi connectivity index (χ1v) is 10.9. The third-order valence-electron chi connectivity index (χ3n) is 4.49. The second-order valence-electron chi connectivity index (χ2n) is 6.92. The van der Waals surface area contributed by atoms with E-state index >= 15 is 0 Å². The molecule has 0 atom stereocenters.